The molecule has 0 N–H and O–H groups in total. The Bertz CT molecular complexity index is 387. The Kier molecular flexibility index (Phi) is 4.69. The van der Waals surface area contributed by atoms with Crippen LogP contribution in [-0.4, -0.2) is 11.9 Å². The molecule has 0 fully saturated rings. The molecule has 1 aromatic rings. The molecule has 2 nitrogen and oxygen atoms in total. The Morgan fingerprint density at radius 2 is 1.42 bits per heavy atom. The van der Waals surface area contributed by atoms with E-state index in [1.54, 1.807) is 0 Å². The zero-order valence-electron chi connectivity index (χ0n) is 8.76. The second kappa shape index (κ2) is 5.55. The van der Waals surface area contributed by atoms with E-state index < -0.39 is 34.3 Å². The van der Waals surface area contributed by atoms with Crippen LogP contribution < -0.4 is 0 Å². The van der Waals surface area contributed by atoms with Crippen LogP contribution in [0.15, 0.2) is 30.3 Å². The summed E-state index contributed by atoms with van der Waals surface area (Å²) >= 11 is -1.41. The van der Waals surface area contributed by atoms with Crippen molar-refractivity contribution in [2.75, 3.05) is 0 Å². The van der Waals surface area contributed by atoms with Gasteiger partial charge in [-0.1, -0.05) is 30.3 Å². The molecule has 1 atom stereocenters. The molecule has 0 bridgehead atoms. The highest BCUT2D eigenvalue weighted by molar-refractivity contribution is 8.00. The van der Waals surface area contributed by atoms with E-state index in [0.717, 1.165) is 24.3 Å². The SMILES string of the molecule is FOC(OC(F)(F)F)(SC(F)(F)F)c1ccccc1. The highest BCUT2D eigenvalue weighted by atomic mass is 32.2. The molecule has 10 heteroatoms. The molecule has 0 amide bonds. The monoisotopic (exact) mass is 310 g/mol. The first-order valence-corrected chi connectivity index (χ1v) is 5.29. The van der Waals surface area contributed by atoms with Crippen molar-refractivity contribution in [2.45, 2.75) is 17.0 Å². The number of hydrogen-bond donors (Lipinski definition) is 0. The number of thioether (sulfide) groups is 1. The van der Waals surface area contributed by atoms with Gasteiger partial charge in [-0.3, -0.25) is 0 Å². The highest BCUT2D eigenvalue weighted by Crippen LogP contribution is 2.51. The maximum absolute atomic E-state index is 12.4. The number of benzene rings is 1. The van der Waals surface area contributed by atoms with Gasteiger partial charge in [-0.25, -0.2) is 4.74 Å². The lowest BCUT2D eigenvalue weighted by Gasteiger charge is -2.29. The largest absolute Gasteiger partial charge is 0.526 e. The van der Waals surface area contributed by atoms with E-state index in [1.807, 2.05) is 0 Å². The van der Waals surface area contributed by atoms with Crippen molar-refractivity contribution in [3.8, 4) is 0 Å². The zero-order chi connectivity index (χ0) is 14.7. The average molecular weight is 310 g/mol. The first-order chi connectivity index (χ1) is 8.58. The second-order valence-corrected chi connectivity index (χ2v) is 4.30. The van der Waals surface area contributed by atoms with Gasteiger partial charge >= 0.3 is 11.9 Å². The van der Waals surface area contributed by atoms with Gasteiger partial charge in [0.1, 0.15) is 0 Å². The van der Waals surface area contributed by atoms with Crippen LogP contribution in [0.25, 0.3) is 0 Å². The number of alkyl halides is 6. The number of ether oxygens (including phenoxy) is 1. The third-order valence-electron chi connectivity index (χ3n) is 1.73. The van der Waals surface area contributed by atoms with Gasteiger partial charge in [-0.05, 0) is 4.53 Å². The third-order valence-corrected chi connectivity index (χ3v) is 2.61. The standard InChI is InChI=1S/C9H5F7O2S/c10-8(11,12)17-7(18-16,19-9(13,14)15)6-4-2-1-3-5-6/h1-5H. The lowest BCUT2D eigenvalue weighted by atomic mass is 10.2. The second-order valence-electron chi connectivity index (χ2n) is 3.09. The van der Waals surface area contributed by atoms with Crippen LogP contribution in [-0.2, 0) is 14.8 Å². The summed E-state index contributed by atoms with van der Waals surface area (Å²) in [6, 6.07) is 5.16. The van der Waals surface area contributed by atoms with Crippen LogP contribution >= 0.6 is 11.8 Å². The van der Waals surface area contributed by atoms with Gasteiger partial charge in [0.2, 0.25) is 0 Å². The predicted octanol–water partition coefficient (Wildman–Crippen LogP) is 4.49. The van der Waals surface area contributed by atoms with Gasteiger partial charge < -0.3 is 0 Å². The van der Waals surface area contributed by atoms with Crippen LogP contribution in [0.1, 0.15) is 5.56 Å². The van der Waals surface area contributed by atoms with Gasteiger partial charge in [0.05, 0.1) is 0 Å². The first-order valence-electron chi connectivity index (χ1n) is 4.47. The van der Waals surface area contributed by atoms with Crippen molar-refractivity contribution in [2.24, 2.45) is 0 Å². The molecule has 0 aliphatic heterocycles. The molecule has 0 aromatic heterocycles. The Morgan fingerprint density at radius 1 is 0.895 bits per heavy atom. The third kappa shape index (κ3) is 4.88. The minimum absolute atomic E-state index is 0.780. The molecule has 0 spiro atoms. The van der Waals surface area contributed by atoms with Crippen molar-refractivity contribution in [3.63, 3.8) is 0 Å². The summed E-state index contributed by atoms with van der Waals surface area (Å²) in [5, 5.41) is -3.70. The Morgan fingerprint density at radius 3 is 1.79 bits per heavy atom. The van der Waals surface area contributed by atoms with Crippen molar-refractivity contribution in [3.05, 3.63) is 35.9 Å². The van der Waals surface area contributed by atoms with Gasteiger partial charge in [-0.15, -0.1) is 18.1 Å². The molecular formula is C9H5F7O2S. The minimum Gasteiger partial charge on any atom is -0.241 e. The van der Waals surface area contributed by atoms with Gasteiger partial charge in [0.25, 0.3) is 5.12 Å². The molecule has 0 aliphatic rings. The normalized spacial score (nSPS) is 16.2. The zero-order valence-corrected chi connectivity index (χ0v) is 9.57. The summed E-state index contributed by atoms with van der Waals surface area (Å²) in [5.74, 6) is 0. The summed E-state index contributed by atoms with van der Waals surface area (Å²) in [6.45, 7) is 0. The fourth-order valence-electron chi connectivity index (χ4n) is 1.16. The van der Waals surface area contributed by atoms with Crippen LogP contribution in [0.5, 0.6) is 0 Å². The lowest BCUT2D eigenvalue weighted by Crippen LogP contribution is -2.36. The van der Waals surface area contributed by atoms with E-state index >= 15 is 0 Å². The summed E-state index contributed by atoms with van der Waals surface area (Å²) in [4.78, 5) is 2.88. The summed E-state index contributed by atoms with van der Waals surface area (Å²) in [6.07, 6.45) is -5.53. The predicted molar refractivity (Wildman–Crippen MR) is 51.1 cm³/mol. The van der Waals surface area contributed by atoms with E-state index in [1.165, 1.54) is 6.07 Å². The maximum Gasteiger partial charge on any atom is 0.526 e. The van der Waals surface area contributed by atoms with Gasteiger partial charge in [0, 0.05) is 17.3 Å². The minimum atomic E-state index is -5.53. The molecule has 0 aliphatic carbocycles. The molecule has 108 valence electrons. The van der Waals surface area contributed by atoms with E-state index in [2.05, 4.69) is 9.68 Å². The molecule has 19 heavy (non-hydrogen) atoms. The molecule has 0 saturated carbocycles. The lowest BCUT2D eigenvalue weighted by molar-refractivity contribution is -0.431. The van der Waals surface area contributed by atoms with Crippen LogP contribution in [0.4, 0.5) is 30.9 Å². The summed E-state index contributed by atoms with van der Waals surface area (Å²) < 4.78 is 88.8. The molecule has 1 aromatic carbocycles. The van der Waals surface area contributed by atoms with E-state index in [9.17, 15) is 30.9 Å². The van der Waals surface area contributed by atoms with Crippen molar-refractivity contribution in [1.82, 2.24) is 0 Å². The van der Waals surface area contributed by atoms with Crippen molar-refractivity contribution < 1.29 is 40.5 Å². The molecule has 0 radical (unpaired) electrons. The van der Waals surface area contributed by atoms with Gasteiger partial charge in [-0.2, -0.15) is 13.2 Å². The Labute approximate surface area is 106 Å². The number of rotatable bonds is 4. The summed E-state index contributed by atoms with van der Waals surface area (Å²) in [5.41, 5.74) is -6.00. The van der Waals surface area contributed by atoms with Crippen LogP contribution in [0.3, 0.4) is 0 Å². The Hall–Kier alpha value is -1.00. The Balaban J connectivity index is 3.22. The van der Waals surface area contributed by atoms with E-state index in [-0.39, 0.29) is 0 Å². The maximum atomic E-state index is 12.4. The van der Waals surface area contributed by atoms with Crippen molar-refractivity contribution >= 4 is 11.8 Å². The molecule has 1 unspecified atom stereocenters. The first kappa shape index (κ1) is 16.1. The van der Waals surface area contributed by atoms with Gasteiger partial charge in [0.15, 0.2) is 0 Å². The van der Waals surface area contributed by atoms with Crippen molar-refractivity contribution in [1.29, 1.82) is 0 Å². The topological polar surface area (TPSA) is 18.5 Å². The molecule has 1 rings (SSSR count). The molecule has 0 saturated heterocycles. The van der Waals surface area contributed by atoms with Crippen LogP contribution in [0, 0.1) is 0 Å². The van der Waals surface area contributed by atoms with Crippen LogP contribution in [0.2, 0.25) is 0 Å². The van der Waals surface area contributed by atoms with E-state index in [4.69, 9.17) is 0 Å². The fraction of sp³-hybridized carbons (Fsp3) is 0.333. The quantitative estimate of drug-likeness (QED) is 0.603. The smallest absolute Gasteiger partial charge is 0.241 e. The molecular weight excluding hydrogens is 305 g/mol. The fourth-order valence-corrected chi connectivity index (χ4v) is 1.89. The summed E-state index contributed by atoms with van der Waals surface area (Å²) in [7, 11) is 0. The highest BCUT2D eigenvalue weighted by Gasteiger charge is 2.54. The number of hydrogen-bond acceptors (Lipinski definition) is 3. The molecule has 0 heterocycles. The van der Waals surface area contributed by atoms with E-state index in [0.29, 0.717) is 0 Å². The average Bonchev–Trinajstić information content (AvgIpc) is 2.25. The number of halogens is 7.